The molecule has 1 nitrogen and oxygen atoms in total. The van der Waals surface area contributed by atoms with Gasteiger partial charge in [-0.05, 0) is 42.5 Å². The molecule has 2 aliphatic rings. The molecule has 0 amide bonds. The van der Waals surface area contributed by atoms with Crippen molar-refractivity contribution in [3.8, 4) is 16.9 Å². The fourth-order valence-electron chi connectivity index (χ4n) is 4.93. The summed E-state index contributed by atoms with van der Waals surface area (Å²) in [6.07, 6.45) is 0. The number of aryl methyl sites for hydroxylation is 3. The van der Waals surface area contributed by atoms with Crippen molar-refractivity contribution in [1.29, 1.82) is 0 Å². The first-order valence-corrected chi connectivity index (χ1v) is 14.9. The molecule has 1 N–H and O–H groups in total. The van der Waals surface area contributed by atoms with Crippen molar-refractivity contribution in [2.24, 2.45) is 0 Å². The summed E-state index contributed by atoms with van der Waals surface area (Å²) in [7, 11) is 0. The minimum absolute atomic E-state index is 0. The third-order valence-corrected chi connectivity index (χ3v) is 8.18. The molecule has 0 aliphatic heterocycles. The average Bonchev–Trinajstić information content (AvgIpc) is 3.35. The van der Waals surface area contributed by atoms with E-state index in [0.717, 1.165) is 5.56 Å². The zero-order valence-corrected chi connectivity index (χ0v) is 29.0. The molecule has 0 heterocycles. The summed E-state index contributed by atoms with van der Waals surface area (Å²) in [6, 6.07) is 42.0. The Hall–Kier alpha value is -3.07. The third-order valence-electron chi connectivity index (χ3n) is 7.28. The molecule has 0 fully saturated rings. The number of aromatic hydroxyl groups is 1. The molecule has 2 aliphatic carbocycles. The Kier molecular flexibility index (Phi) is 13.6. The van der Waals surface area contributed by atoms with Crippen LogP contribution in [0.5, 0.6) is 5.75 Å². The summed E-state index contributed by atoms with van der Waals surface area (Å²) in [6.45, 7) is 12.8. The number of hydrogen-bond donors (Lipinski definition) is 1. The molecule has 221 valence electrons. The first kappa shape index (κ1) is 36.1. The van der Waals surface area contributed by atoms with Crippen LogP contribution in [0.2, 0.25) is 0 Å². The van der Waals surface area contributed by atoms with E-state index in [-0.39, 0.29) is 30.2 Å². The van der Waals surface area contributed by atoms with Crippen LogP contribution in [0.1, 0.15) is 54.2 Å². The maximum atomic E-state index is 9.36. The van der Waals surface area contributed by atoms with Crippen molar-refractivity contribution in [2.45, 2.75) is 47.0 Å². The number of benzene rings is 5. The van der Waals surface area contributed by atoms with Crippen LogP contribution in [0.25, 0.3) is 21.9 Å². The van der Waals surface area contributed by atoms with Gasteiger partial charge in [-0.2, -0.15) is 0 Å². The molecule has 0 atom stereocenters. The van der Waals surface area contributed by atoms with Crippen LogP contribution in [-0.2, 0) is 25.4 Å². The summed E-state index contributed by atoms with van der Waals surface area (Å²) in [5.41, 5.74) is 10.5. The van der Waals surface area contributed by atoms with Crippen LogP contribution in [0.4, 0.5) is 0 Å². The second-order valence-corrected chi connectivity index (χ2v) is 12.4. The second-order valence-electron chi connectivity index (χ2n) is 11.6. The van der Waals surface area contributed by atoms with Crippen molar-refractivity contribution >= 4 is 39.4 Å². The number of rotatable bonds is 2. The van der Waals surface area contributed by atoms with Crippen molar-refractivity contribution in [3.05, 3.63) is 155 Å². The van der Waals surface area contributed by atoms with E-state index < -0.39 is 0 Å². The van der Waals surface area contributed by atoms with Gasteiger partial charge in [0, 0.05) is 0 Å². The maximum absolute atomic E-state index is 9.36. The molecule has 0 spiro atoms. The van der Waals surface area contributed by atoms with Gasteiger partial charge in [-0.3, -0.25) is 0 Å². The van der Waals surface area contributed by atoms with E-state index in [1.54, 1.807) is 6.07 Å². The van der Waals surface area contributed by atoms with E-state index in [1.807, 2.05) is 25.1 Å². The van der Waals surface area contributed by atoms with Gasteiger partial charge in [0.05, 0.1) is 0 Å². The van der Waals surface area contributed by atoms with E-state index in [9.17, 15) is 5.11 Å². The van der Waals surface area contributed by atoms with Gasteiger partial charge in [0.1, 0.15) is 5.75 Å². The van der Waals surface area contributed by atoms with Crippen molar-refractivity contribution in [1.82, 2.24) is 0 Å². The first-order valence-electron chi connectivity index (χ1n) is 14.1. The quantitative estimate of drug-likeness (QED) is 0.147. The van der Waals surface area contributed by atoms with E-state index >= 15 is 0 Å². The van der Waals surface area contributed by atoms with Crippen LogP contribution < -0.4 is 0 Å². The third kappa shape index (κ3) is 9.46. The minimum atomic E-state index is 0. The molecule has 0 saturated carbocycles. The van der Waals surface area contributed by atoms with Crippen LogP contribution in [0, 0.1) is 20.8 Å². The van der Waals surface area contributed by atoms with Crippen LogP contribution in [0.15, 0.2) is 121 Å². The Balaban J connectivity index is 0.000000222. The summed E-state index contributed by atoms with van der Waals surface area (Å²) in [5, 5.41) is 12.1. The Bertz CT molecular complexity index is 1650. The molecule has 4 heteroatoms. The molecule has 6 rings (SSSR count). The summed E-state index contributed by atoms with van der Waals surface area (Å²) in [4.78, 5) is 0. The first-order chi connectivity index (χ1) is 19.5. The van der Waals surface area contributed by atoms with Crippen LogP contribution >= 0.6 is 24.8 Å². The van der Waals surface area contributed by atoms with Gasteiger partial charge in [-0.25, -0.2) is 0 Å². The summed E-state index contributed by atoms with van der Waals surface area (Å²) in [5.74, 6) is 0.361. The second kappa shape index (κ2) is 16.1. The normalized spacial score (nSPS) is 10.4. The zero-order valence-electron chi connectivity index (χ0n) is 25.8. The van der Waals surface area contributed by atoms with Crippen LogP contribution in [-0.4, -0.2) is 8.92 Å². The SMILES string of the molecule is Cc1cc(O)cc(C(C)(C)C)c1.Cc1cccc2c3ccc[c-](C)c-3cc12.Cl.Cl.[Ti+]=[C](c1ccccc1)c1ccccc1. The Morgan fingerprint density at radius 3 is 1.79 bits per heavy atom. The number of halogens is 2. The molecule has 4 aromatic rings. The van der Waals surface area contributed by atoms with Gasteiger partial charge in [0.2, 0.25) is 0 Å². The molecule has 0 aromatic heterocycles. The Morgan fingerprint density at radius 2 is 1.26 bits per heavy atom. The zero-order chi connectivity index (χ0) is 29.6. The Labute approximate surface area is 281 Å². The molecule has 4 aromatic carbocycles. The topological polar surface area (TPSA) is 20.2 Å². The van der Waals surface area contributed by atoms with Gasteiger partial charge in [-0.1, -0.05) is 68.3 Å². The summed E-state index contributed by atoms with van der Waals surface area (Å²) < 4.78 is 1.33. The standard InChI is InChI=1S/C15H13.C13H10.C11H16O.2ClH.Ti/c1-10-5-3-7-12-13-8-4-6-11(2)15(13)9-14(10)12;1-3-7-12(8-4-1)11-13-9-5-2-6-10-13;1-8-5-9(11(2,3)4)7-10(12)6-8;;;/h3-9H,1-2H3;1-10H;5-7,12H,1-4H3;2*1H;/q-1;;;;;+1. The molecular formula is C39H41Cl2OTi. The van der Waals surface area contributed by atoms with Gasteiger partial charge in [0.15, 0.2) is 0 Å². The summed E-state index contributed by atoms with van der Waals surface area (Å²) >= 11 is 2.16. The van der Waals surface area contributed by atoms with E-state index in [1.165, 1.54) is 53.5 Å². The predicted octanol–water partition coefficient (Wildman–Crippen LogP) is 10.9. The fourth-order valence-corrected chi connectivity index (χ4v) is 5.45. The van der Waals surface area contributed by atoms with Crippen molar-refractivity contribution < 1.29 is 25.1 Å². The van der Waals surface area contributed by atoms with Crippen molar-refractivity contribution in [3.63, 3.8) is 0 Å². The fraction of sp³-hybridized carbons (Fsp3) is 0.179. The monoisotopic (exact) mass is 643 g/mol. The molecular weight excluding hydrogens is 603 g/mol. The van der Waals surface area contributed by atoms with Crippen molar-refractivity contribution in [2.75, 3.05) is 0 Å². The predicted molar refractivity (Wildman–Crippen MR) is 188 cm³/mol. The van der Waals surface area contributed by atoms with E-state index in [0.29, 0.717) is 5.75 Å². The molecule has 0 bridgehead atoms. The van der Waals surface area contributed by atoms with Gasteiger partial charge < -0.3 is 5.11 Å². The number of fused-ring (bicyclic) bond motifs is 3. The molecule has 43 heavy (non-hydrogen) atoms. The van der Waals surface area contributed by atoms with E-state index in [4.69, 9.17) is 0 Å². The Morgan fingerprint density at radius 1 is 0.674 bits per heavy atom. The molecule has 0 unspecified atom stereocenters. The number of hydrogen-bond acceptors (Lipinski definition) is 1. The molecule has 0 saturated heterocycles. The number of phenolic OH excluding ortho intramolecular Hbond substituents is 1. The average molecular weight is 645 g/mol. The number of phenols is 1. The van der Waals surface area contributed by atoms with Crippen LogP contribution in [0.3, 0.4) is 0 Å². The van der Waals surface area contributed by atoms with Gasteiger partial charge in [0.25, 0.3) is 0 Å². The van der Waals surface area contributed by atoms with Gasteiger partial charge >= 0.3 is 95.6 Å². The van der Waals surface area contributed by atoms with E-state index in [2.05, 4.69) is 152 Å². The van der Waals surface area contributed by atoms with Gasteiger partial charge in [-0.15, -0.1) is 65.8 Å². The molecule has 0 radical (unpaired) electrons.